The first-order valence-corrected chi connectivity index (χ1v) is 14.0. The number of pyridine rings is 1. The Kier molecular flexibility index (Phi) is 7.58. The normalized spacial score (nSPS) is 15.2. The van der Waals surface area contributed by atoms with Crippen LogP contribution in [0.2, 0.25) is 0 Å². The molecule has 0 radical (unpaired) electrons. The molecule has 214 valence electrons. The first-order valence-electron chi connectivity index (χ1n) is 14.0. The number of fused-ring (bicyclic) bond motifs is 1. The van der Waals surface area contributed by atoms with Crippen LogP contribution in [0.1, 0.15) is 22.3 Å². The highest BCUT2D eigenvalue weighted by Gasteiger charge is 2.27. The highest BCUT2D eigenvalue weighted by Crippen LogP contribution is 2.36. The minimum Gasteiger partial charge on any atom is -0.496 e. The lowest BCUT2D eigenvalue weighted by Gasteiger charge is -2.21. The number of nitrogens with zero attached hydrogens (tertiary/aromatic N) is 4. The fourth-order valence-corrected chi connectivity index (χ4v) is 5.58. The van der Waals surface area contributed by atoms with Gasteiger partial charge in [0.05, 0.1) is 18.4 Å². The van der Waals surface area contributed by atoms with Crippen molar-refractivity contribution in [2.45, 2.75) is 19.0 Å². The van der Waals surface area contributed by atoms with Gasteiger partial charge in [-0.15, -0.1) is 0 Å². The van der Waals surface area contributed by atoms with Crippen molar-refractivity contribution in [1.82, 2.24) is 25.0 Å². The summed E-state index contributed by atoms with van der Waals surface area (Å²) in [5.41, 5.74) is 5.09. The Hall–Kier alpha value is -4.76. The van der Waals surface area contributed by atoms with Gasteiger partial charge in [0, 0.05) is 62.5 Å². The molecule has 1 atom stereocenters. The number of H-pyrrole nitrogens is 1. The van der Waals surface area contributed by atoms with E-state index in [0.29, 0.717) is 28.2 Å². The minimum atomic E-state index is -0.476. The number of likely N-dealkylation sites (tertiary alicyclic amines) is 1. The van der Waals surface area contributed by atoms with Crippen LogP contribution in [0, 0.1) is 5.82 Å². The van der Waals surface area contributed by atoms with Crippen LogP contribution < -0.4 is 10.1 Å². The summed E-state index contributed by atoms with van der Waals surface area (Å²) in [7, 11) is 4.96. The third kappa shape index (κ3) is 5.43. The maximum Gasteiger partial charge on any atom is 0.255 e. The van der Waals surface area contributed by atoms with E-state index in [9.17, 15) is 4.79 Å². The highest BCUT2D eigenvalue weighted by molar-refractivity contribution is 6.01. The number of aromatic nitrogens is 3. The molecule has 3 heterocycles. The van der Waals surface area contributed by atoms with Crippen LogP contribution in [-0.4, -0.2) is 71.2 Å². The van der Waals surface area contributed by atoms with Gasteiger partial charge in [-0.2, -0.15) is 5.10 Å². The quantitative estimate of drug-likeness (QED) is 0.247. The van der Waals surface area contributed by atoms with Crippen LogP contribution in [0.25, 0.3) is 33.4 Å². The summed E-state index contributed by atoms with van der Waals surface area (Å²) in [6, 6.07) is 23.1. The second-order valence-corrected chi connectivity index (χ2v) is 10.8. The first kappa shape index (κ1) is 27.4. The van der Waals surface area contributed by atoms with Gasteiger partial charge in [-0.1, -0.05) is 42.5 Å². The van der Waals surface area contributed by atoms with Crippen molar-refractivity contribution in [2.75, 3.05) is 39.6 Å². The molecule has 42 heavy (non-hydrogen) atoms. The third-order valence-electron chi connectivity index (χ3n) is 7.71. The number of halogens is 1. The van der Waals surface area contributed by atoms with Crippen molar-refractivity contribution >= 4 is 22.6 Å². The summed E-state index contributed by atoms with van der Waals surface area (Å²) in [6.07, 6.45) is 2.52. The molecule has 0 bridgehead atoms. The molecular formula is C33H33FN6O2. The zero-order valence-corrected chi connectivity index (χ0v) is 23.9. The van der Waals surface area contributed by atoms with E-state index >= 15 is 4.39 Å². The molecule has 0 saturated carbocycles. The van der Waals surface area contributed by atoms with Crippen LogP contribution in [-0.2, 0) is 6.54 Å². The smallest absolute Gasteiger partial charge is 0.255 e. The second-order valence-electron chi connectivity index (χ2n) is 10.8. The number of amides is 1. The number of hydrogen-bond donors (Lipinski definition) is 2. The average molecular weight is 565 g/mol. The van der Waals surface area contributed by atoms with Crippen LogP contribution in [0.4, 0.5) is 10.1 Å². The summed E-state index contributed by atoms with van der Waals surface area (Å²) in [5, 5.41) is 11.6. The van der Waals surface area contributed by atoms with Gasteiger partial charge < -0.3 is 15.0 Å². The summed E-state index contributed by atoms with van der Waals surface area (Å²) in [6.45, 7) is 2.50. The van der Waals surface area contributed by atoms with Gasteiger partial charge >= 0.3 is 0 Å². The molecule has 3 aromatic carbocycles. The van der Waals surface area contributed by atoms with Crippen molar-refractivity contribution in [3.05, 3.63) is 95.9 Å². The number of methoxy groups -OCH3 is 1. The van der Waals surface area contributed by atoms with Gasteiger partial charge in [-0.05, 0) is 47.9 Å². The molecule has 1 fully saturated rings. The number of benzene rings is 3. The Bertz CT molecular complexity index is 1740. The number of hydrogen-bond acceptors (Lipinski definition) is 6. The lowest BCUT2D eigenvalue weighted by Crippen LogP contribution is -2.29. The second kappa shape index (κ2) is 11.6. The first-order chi connectivity index (χ1) is 20.4. The molecule has 9 heteroatoms. The molecular weight excluding hydrogens is 531 g/mol. The molecule has 0 unspecified atom stereocenters. The molecule has 2 N–H and O–H groups in total. The van der Waals surface area contributed by atoms with Crippen LogP contribution >= 0.6 is 0 Å². The van der Waals surface area contributed by atoms with Gasteiger partial charge in [-0.3, -0.25) is 14.8 Å². The van der Waals surface area contributed by atoms with E-state index in [1.807, 2.05) is 48.5 Å². The topological polar surface area (TPSA) is 86.4 Å². The Morgan fingerprint density at radius 3 is 2.67 bits per heavy atom. The number of aromatic amines is 1. The Morgan fingerprint density at radius 2 is 1.88 bits per heavy atom. The van der Waals surface area contributed by atoms with E-state index in [-0.39, 0.29) is 23.2 Å². The van der Waals surface area contributed by atoms with E-state index in [1.54, 1.807) is 33.5 Å². The molecule has 8 nitrogen and oxygen atoms in total. The molecule has 0 spiro atoms. The lowest BCUT2D eigenvalue weighted by molar-refractivity contribution is 0.0828. The monoisotopic (exact) mass is 564 g/mol. The summed E-state index contributed by atoms with van der Waals surface area (Å²) >= 11 is 0. The molecule has 1 aliphatic rings. The lowest BCUT2D eigenvalue weighted by atomic mass is 9.99. The number of rotatable bonds is 8. The molecule has 2 aromatic heterocycles. The van der Waals surface area contributed by atoms with Gasteiger partial charge in [0.15, 0.2) is 5.65 Å². The fourth-order valence-electron chi connectivity index (χ4n) is 5.58. The summed E-state index contributed by atoms with van der Waals surface area (Å²) < 4.78 is 21.5. The number of ether oxygens (including phenoxy) is 1. The van der Waals surface area contributed by atoms with Gasteiger partial charge in [-0.25, -0.2) is 9.37 Å². The van der Waals surface area contributed by atoms with Gasteiger partial charge in [0.1, 0.15) is 17.3 Å². The average Bonchev–Trinajstić information content (AvgIpc) is 3.64. The Labute approximate surface area is 244 Å². The Morgan fingerprint density at radius 1 is 1.10 bits per heavy atom. The molecule has 6 rings (SSSR count). The SMILES string of the molecule is COc1ccccc1-c1n[nH]c2ncc(-c3cc(F)c(N[C@H]4CCN(Cc5ccccc5)C4)c(C(=O)N(C)C)c3)cc12. The van der Waals surface area contributed by atoms with E-state index in [2.05, 4.69) is 37.5 Å². The molecule has 1 aliphatic heterocycles. The standard InChI is InChI=1S/C33H33FN6O2/c1-39(2)33(41)27-15-22(17-28(34)31(27)36-24-13-14-40(20-24)19-21-9-5-4-6-10-21)23-16-26-30(37-38-32(26)35-18-23)25-11-7-8-12-29(25)42-3/h4-12,15-18,24,36H,13-14,19-20H2,1-3H3,(H,35,37,38)/t24-/m0/s1. The van der Waals surface area contributed by atoms with Crippen LogP contribution in [0.5, 0.6) is 5.75 Å². The van der Waals surface area contributed by atoms with E-state index < -0.39 is 5.82 Å². The Balaban J connectivity index is 1.32. The zero-order chi connectivity index (χ0) is 29.2. The van der Waals surface area contributed by atoms with Crippen molar-refractivity contribution in [3.8, 4) is 28.1 Å². The van der Waals surface area contributed by atoms with E-state index in [1.165, 1.54) is 16.5 Å². The van der Waals surface area contributed by atoms with Crippen molar-refractivity contribution in [2.24, 2.45) is 0 Å². The predicted octanol–water partition coefficient (Wildman–Crippen LogP) is 5.83. The summed E-state index contributed by atoms with van der Waals surface area (Å²) in [5.74, 6) is -0.0632. The van der Waals surface area contributed by atoms with E-state index in [4.69, 9.17) is 4.74 Å². The highest BCUT2D eigenvalue weighted by atomic mass is 19.1. The zero-order valence-electron chi connectivity index (χ0n) is 23.9. The van der Waals surface area contributed by atoms with Gasteiger partial charge in [0.25, 0.3) is 5.91 Å². The van der Waals surface area contributed by atoms with Crippen molar-refractivity contribution in [3.63, 3.8) is 0 Å². The maximum atomic E-state index is 15.9. The van der Waals surface area contributed by atoms with Crippen molar-refractivity contribution in [1.29, 1.82) is 0 Å². The van der Waals surface area contributed by atoms with Gasteiger partial charge in [0.2, 0.25) is 0 Å². The number of anilines is 1. The van der Waals surface area contributed by atoms with Crippen LogP contribution in [0.15, 0.2) is 79.0 Å². The predicted molar refractivity (Wildman–Crippen MR) is 163 cm³/mol. The number of para-hydroxylation sites is 1. The summed E-state index contributed by atoms with van der Waals surface area (Å²) in [4.78, 5) is 21.7. The number of nitrogens with one attached hydrogen (secondary N) is 2. The third-order valence-corrected chi connectivity index (χ3v) is 7.71. The van der Waals surface area contributed by atoms with Crippen LogP contribution in [0.3, 0.4) is 0 Å². The van der Waals surface area contributed by atoms with Crippen molar-refractivity contribution < 1.29 is 13.9 Å². The molecule has 1 saturated heterocycles. The maximum absolute atomic E-state index is 15.9. The number of carbonyl (C=O) groups excluding carboxylic acids is 1. The molecule has 0 aliphatic carbocycles. The largest absolute Gasteiger partial charge is 0.496 e. The fraction of sp³-hybridized carbons (Fsp3) is 0.242. The number of carbonyl (C=O) groups is 1. The molecule has 5 aromatic rings. The van der Waals surface area contributed by atoms with E-state index in [0.717, 1.165) is 37.0 Å². The minimum absolute atomic E-state index is 0.0233. The molecule has 1 amide bonds.